The second-order valence-corrected chi connectivity index (χ2v) is 6.15. The van der Waals surface area contributed by atoms with Crippen molar-refractivity contribution in [2.75, 3.05) is 26.2 Å². The fraction of sp³-hybridized carbons (Fsp3) is 0.611. The Morgan fingerprint density at radius 1 is 1.19 bits per heavy atom. The highest BCUT2D eigenvalue weighted by atomic mass is 15.3. The van der Waals surface area contributed by atoms with Gasteiger partial charge in [-0.25, -0.2) is 0 Å². The molecule has 0 saturated carbocycles. The molecule has 1 N–H and O–H groups in total. The molecule has 21 heavy (non-hydrogen) atoms. The van der Waals surface area contributed by atoms with Crippen LogP contribution in [-0.4, -0.2) is 37.0 Å². The van der Waals surface area contributed by atoms with Crippen LogP contribution in [0.15, 0.2) is 35.3 Å². The van der Waals surface area contributed by atoms with Crippen molar-refractivity contribution >= 4 is 5.96 Å². The molecule has 0 aromatic heterocycles. The lowest BCUT2D eigenvalue weighted by Gasteiger charge is -2.24. The van der Waals surface area contributed by atoms with Crippen LogP contribution in [0.25, 0.3) is 0 Å². The monoisotopic (exact) mass is 287 g/mol. The van der Waals surface area contributed by atoms with Gasteiger partial charge in [0, 0.05) is 32.1 Å². The molecule has 1 aliphatic rings. The summed E-state index contributed by atoms with van der Waals surface area (Å²) in [4.78, 5) is 7.32. The van der Waals surface area contributed by atoms with Gasteiger partial charge in [-0.05, 0) is 31.2 Å². The molecule has 3 nitrogen and oxygen atoms in total. The lowest BCUT2D eigenvalue weighted by atomic mass is 9.88. The average Bonchev–Trinajstić information content (AvgIpc) is 3.01. The highest BCUT2D eigenvalue weighted by Gasteiger charge is 2.18. The summed E-state index contributed by atoms with van der Waals surface area (Å²) in [6.07, 6.45) is 2.58. The van der Waals surface area contributed by atoms with E-state index in [1.807, 2.05) is 0 Å². The Kier molecular flexibility index (Phi) is 6.09. The van der Waals surface area contributed by atoms with E-state index in [2.05, 4.69) is 61.3 Å². The topological polar surface area (TPSA) is 27.6 Å². The van der Waals surface area contributed by atoms with E-state index in [1.54, 1.807) is 0 Å². The van der Waals surface area contributed by atoms with Crippen LogP contribution in [0.5, 0.6) is 0 Å². The lowest BCUT2D eigenvalue weighted by Crippen LogP contribution is -2.40. The van der Waals surface area contributed by atoms with Gasteiger partial charge in [-0.2, -0.15) is 0 Å². The highest BCUT2D eigenvalue weighted by molar-refractivity contribution is 5.80. The van der Waals surface area contributed by atoms with Gasteiger partial charge in [0.25, 0.3) is 0 Å². The third kappa shape index (κ3) is 4.48. The first-order valence-electron chi connectivity index (χ1n) is 8.30. The van der Waals surface area contributed by atoms with E-state index in [1.165, 1.54) is 18.4 Å². The van der Waals surface area contributed by atoms with Gasteiger partial charge < -0.3 is 10.2 Å². The van der Waals surface area contributed by atoms with Crippen LogP contribution in [0.4, 0.5) is 0 Å². The molecule has 0 aliphatic carbocycles. The van der Waals surface area contributed by atoms with Crippen LogP contribution < -0.4 is 5.32 Å². The second-order valence-electron chi connectivity index (χ2n) is 6.15. The average molecular weight is 287 g/mol. The van der Waals surface area contributed by atoms with Gasteiger partial charge in [-0.1, -0.05) is 44.2 Å². The van der Waals surface area contributed by atoms with E-state index in [9.17, 15) is 0 Å². The van der Waals surface area contributed by atoms with Crippen LogP contribution in [0, 0.1) is 5.92 Å². The van der Waals surface area contributed by atoms with Gasteiger partial charge in [0.1, 0.15) is 0 Å². The maximum absolute atomic E-state index is 4.92. The van der Waals surface area contributed by atoms with Gasteiger partial charge in [0.2, 0.25) is 0 Å². The third-order valence-electron chi connectivity index (χ3n) is 4.21. The Morgan fingerprint density at radius 2 is 1.86 bits per heavy atom. The summed E-state index contributed by atoms with van der Waals surface area (Å²) in [7, 11) is 0. The molecule has 1 aliphatic heterocycles. The second kappa shape index (κ2) is 8.06. The molecule has 2 rings (SSSR count). The summed E-state index contributed by atoms with van der Waals surface area (Å²) < 4.78 is 0. The fourth-order valence-corrected chi connectivity index (χ4v) is 2.94. The number of benzene rings is 1. The van der Waals surface area contributed by atoms with E-state index in [4.69, 9.17) is 4.99 Å². The number of nitrogens with one attached hydrogen (secondary N) is 1. The van der Waals surface area contributed by atoms with Crippen molar-refractivity contribution in [1.82, 2.24) is 10.2 Å². The first-order chi connectivity index (χ1) is 10.2. The molecular weight excluding hydrogens is 258 g/mol. The normalized spacial score (nSPS) is 17.3. The Bertz CT molecular complexity index is 433. The van der Waals surface area contributed by atoms with E-state index in [-0.39, 0.29) is 0 Å². The quantitative estimate of drug-likeness (QED) is 0.663. The van der Waals surface area contributed by atoms with E-state index in [0.29, 0.717) is 11.8 Å². The number of likely N-dealkylation sites (tertiary alicyclic amines) is 1. The molecule has 1 fully saturated rings. The van der Waals surface area contributed by atoms with Gasteiger partial charge in [-0.15, -0.1) is 0 Å². The van der Waals surface area contributed by atoms with E-state index >= 15 is 0 Å². The van der Waals surface area contributed by atoms with Crippen molar-refractivity contribution in [3.8, 4) is 0 Å². The standard InChI is InChI=1S/C18H29N3/c1-4-19-18(21-12-8-9-13-21)20-14-17(15(2)3)16-10-6-5-7-11-16/h5-7,10-11,15,17H,4,8-9,12-14H2,1-3H3,(H,19,20). The van der Waals surface area contributed by atoms with Crippen LogP contribution >= 0.6 is 0 Å². The Hall–Kier alpha value is -1.51. The fourth-order valence-electron chi connectivity index (χ4n) is 2.94. The van der Waals surface area contributed by atoms with Crippen LogP contribution in [0.2, 0.25) is 0 Å². The SMILES string of the molecule is CCNC(=NCC(c1ccccc1)C(C)C)N1CCCC1. The van der Waals surface area contributed by atoms with Gasteiger partial charge in [-0.3, -0.25) is 4.99 Å². The zero-order valence-corrected chi connectivity index (χ0v) is 13.7. The molecule has 0 bridgehead atoms. The number of hydrogen-bond acceptors (Lipinski definition) is 1. The maximum Gasteiger partial charge on any atom is 0.193 e. The number of rotatable bonds is 5. The van der Waals surface area contributed by atoms with Crippen molar-refractivity contribution in [2.24, 2.45) is 10.9 Å². The molecule has 0 amide bonds. The van der Waals surface area contributed by atoms with Gasteiger partial charge in [0.15, 0.2) is 5.96 Å². The molecule has 1 aromatic rings. The molecule has 1 unspecified atom stereocenters. The minimum absolute atomic E-state index is 0.488. The maximum atomic E-state index is 4.92. The molecule has 1 atom stereocenters. The Morgan fingerprint density at radius 3 is 2.43 bits per heavy atom. The van der Waals surface area contributed by atoms with Crippen LogP contribution in [0.3, 0.4) is 0 Å². The van der Waals surface area contributed by atoms with Gasteiger partial charge in [0.05, 0.1) is 0 Å². The molecule has 1 saturated heterocycles. The summed E-state index contributed by atoms with van der Waals surface area (Å²) in [5, 5.41) is 3.45. The lowest BCUT2D eigenvalue weighted by molar-refractivity contribution is 0.476. The minimum Gasteiger partial charge on any atom is -0.357 e. The predicted molar refractivity (Wildman–Crippen MR) is 90.8 cm³/mol. The van der Waals surface area contributed by atoms with E-state index < -0.39 is 0 Å². The van der Waals surface area contributed by atoms with Crippen molar-refractivity contribution in [3.05, 3.63) is 35.9 Å². The Labute approximate surface area is 129 Å². The molecule has 0 spiro atoms. The van der Waals surface area contributed by atoms with Crippen molar-refractivity contribution in [2.45, 2.75) is 39.5 Å². The molecule has 1 aromatic carbocycles. The molecule has 116 valence electrons. The Balaban J connectivity index is 2.09. The first-order valence-corrected chi connectivity index (χ1v) is 8.30. The van der Waals surface area contributed by atoms with Crippen molar-refractivity contribution in [1.29, 1.82) is 0 Å². The third-order valence-corrected chi connectivity index (χ3v) is 4.21. The van der Waals surface area contributed by atoms with Crippen LogP contribution in [-0.2, 0) is 0 Å². The smallest absolute Gasteiger partial charge is 0.193 e. The van der Waals surface area contributed by atoms with Gasteiger partial charge >= 0.3 is 0 Å². The first kappa shape index (κ1) is 15.9. The summed E-state index contributed by atoms with van der Waals surface area (Å²) in [5.41, 5.74) is 1.40. The summed E-state index contributed by atoms with van der Waals surface area (Å²) in [6, 6.07) is 10.8. The zero-order chi connectivity index (χ0) is 15.1. The van der Waals surface area contributed by atoms with E-state index in [0.717, 1.165) is 32.1 Å². The van der Waals surface area contributed by atoms with Crippen molar-refractivity contribution < 1.29 is 0 Å². The minimum atomic E-state index is 0.488. The zero-order valence-electron chi connectivity index (χ0n) is 13.7. The summed E-state index contributed by atoms with van der Waals surface area (Å²) >= 11 is 0. The number of guanidine groups is 1. The number of nitrogens with zero attached hydrogens (tertiary/aromatic N) is 2. The highest BCUT2D eigenvalue weighted by Crippen LogP contribution is 2.24. The molecule has 0 radical (unpaired) electrons. The predicted octanol–water partition coefficient (Wildman–Crippen LogP) is 3.49. The molecule has 3 heteroatoms. The number of aliphatic imine (C=N–C) groups is 1. The summed E-state index contributed by atoms with van der Waals surface area (Å²) in [6.45, 7) is 10.8. The largest absolute Gasteiger partial charge is 0.357 e. The van der Waals surface area contributed by atoms with Crippen LogP contribution in [0.1, 0.15) is 45.1 Å². The number of hydrogen-bond donors (Lipinski definition) is 1. The molecule has 1 heterocycles. The van der Waals surface area contributed by atoms with Crippen molar-refractivity contribution in [3.63, 3.8) is 0 Å². The summed E-state index contributed by atoms with van der Waals surface area (Å²) in [5.74, 6) is 2.18. The molecular formula is C18H29N3.